The number of aromatic nitrogens is 2. The monoisotopic (exact) mass is 467 g/mol. The van der Waals surface area contributed by atoms with Gasteiger partial charge in [-0.25, -0.2) is 4.79 Å². The molecule has 1 aromatic carbocycles. The Balaban J connectivity index is 1.61. The predicted molar refractivity (Wildman–Crippen MR) is 144 cm³/mol. The van der Waals surface area contributed by atoms with E-state index in [0.29, 0.717) is 11.5 Å². The summed E-state index contributed by atoms with van der Waals surface area (Å²) >= 11 is 0. The second kappa shape index (κ2) is 16.9. The van der Waals surface area contributed by atoms with Crippen molar-refractivity contribution in [2.75, 3.05) is 4.90 Å². The average molecular weight is 468 g/mol. The van der Waals surface area contributed by atoms with Crippen LogP contribution in [0.4, 0.5) is 11.5 Å². The zero-order valence-electron chi connectivity index (χ0n) is 21.2. The molecule has 1 heterocycles. The van der Waals surface area contributed by atoms with Crippen molar-refractivity contribution in [3.63, 3.8) is 0 Å². The SMILES string of the molecule is CCCCCCCCCCCCCCCCCc1cc(N(C(=N)N)c2ccccc2)nc(=O)[nH]1. The molecule has 188 valence electrons. The highest BCUT2D eigenvalue weighted by Gasteiger charge is 2.15. The molecular weight excluding hydrogens is 422 g/mol. The number of anilines is 2. The van der Waals surface area contributed by atoms with Gasteiger partial charge in [0.15, 0.2) is 5.96 Å². The van der Waals surface area contributed by atoms with Gasteiger partial charge in [0, 0.05) is 11.8 Å². The van der Waals surface area contributed by atoms with Gasteiger partial charge in [0.25, 0.3) is 0 Å². The quantitative estimate of drug-likeness (QED) is 0.122. The Labute approximate surface area is 205 Å². The smallest absolute Gasteiger partial charge is 0.347 e. The van der Waals surface area contributed by atoms with E-state index < -0.39 is 5.69 Å². The van der Waals surface area contributed by atoms with E-state index in [1.807, 2.05) is 36.4 Å². The highest BCUT2D eigenvalue weighted by Crippen LogP contribution is 2.22. The lowest BCUT2D eigenvalue weighted by Gasteiger charge is -2.21. The maximum atomic E-state index is 12.1. The lowest BCUT2D eigenvalue weighted by Crippen LogP contribution is -2.34. The van der Waals surface area contributed by atoms with Crippen LogP contribution in [-0.4, -0.2) is 15.9 Å². The summed E-state index contributed by atoms with van der Waals surface area (Å²) in [7, 11) is 0. The van der Waals surface area contributed by atoms with E-state index >= 15 is 0 Å². The molecule has 34 heavy (non-hydrogen) atoms. The van der Waals surface area contributed by atoms with Crippen LogP contribution in [0.2, 0.25) is 0 Å². The first-order valence-corrected chi connectivity index (χ1v) is 13.4. The third-order valence-electron chi connectivity index (χ3n) is 6.32. The molecule has 0 aliphatic carbocycles. The normalized spacial score (nSPS) is 11.0. The number of para-hydroxylation sites is 1. The number of guanidine groups is 1. The first-order chi connectivity index (χ1) is 16.6. The Bertz CT molecular complexity index is 865. The molecule has 2 aromatic rings. The summed E-state index contributed by atoms with van der Waals surface area (Å²) in [6, 6.07) is 11.2. The van der Waals surface area contributed by atoms with Gasteiger partial charge in [-0.3, -0.25) is 10.3 Å². The fourth-order valence-corrected chi connectivity index (χ4v) is 4.40. The lowest BCUT2D eigenvalue weighted by atomic mass is 10.0. The standard InChI is InChI=1S/C28H45N5O/c1-2-3-4-5-6-7-8-9-10-11-12-13-14-15-17-20-24-23-26(32-28(34)31-24)33(27(29)30)25-21-18-16-19-22-25/h16,18-19,21-23H,2-15,17,20H2,1H3,(H3,29,30)(H,31,32,34). The minimum Gasteiger partial charge on any atom is -0.369 e. The number of nitrogens with one attached hydrogen (secondary N) is 2. The number of aryl methyl sites for hydroxylation is 1. The second-order valence-electron chi connectivity index (χ2n) is 9.33. The number of aromatic amines is 1. The van der Waals surface area contributed by atoms with Crippen molar-refractivity contribution in [2.45, 2.75) is 110 Å². The molecule has 0 bridgehead atoms. The molecule has 0 saturated carbocycles. The summed E-state index contributed by atoms with van der Waals surface area (Å²) in [6.45, 7) is 2.27. The van der Waals surface area contributed by atoms with Crippen LogP contribution in [0.15, 0.2) is 41.2 Å². The minimum atomic E-state index is -0.407. The number of unbranched alkanes of at least 4 members (excludes halogenated alkanes) is 14. The average Bonchev–Trinajstić information content (AvgIpc) is 2.82. The van der Waals surface area contributed by atoms with Crippen LogP contribution < -0.4 is 16.3 Å². The topological polar surface area (TPSA) is 98.9 Å². The maximum absolute atomic E-state index is 12.1. The van der Waals surface area contributed by atoms with Crippen LogP contribution in [0, 0.1) is 5.41 Å². The van der Waals surface area contributed by atoms with Crippen LogP contribution in [0.5, 0.6) is 0 Å². The van der Waals surface area contributed by atoms with Crippen molar-refractivity contribution in [1.29, 1.82) is 5.41 Å². The molecule has 0 aliphatic heterocycles. The van der Waals surface area contributed by atoms with Gasteiger partial charge in [0.05, 0.1) is 5.69 Å². The van der Waals surface area contributed by atoms with Crippen molar-refractivity contribution >= 4 is 17.5 Å². The van der Waals surface area contributed by atoms with Crippen molar-refractivity contribution in [1.82, 2.24) is 9.97 Å². The van der Waals surface area contributed by atoms with E-state index in [-0.39, 0.29) is 5.96 Å². The molecule has 0 aliphatic rings. The third-order valence-corrected chi connectivity index (χ3v) is 6.32. The fraction of sp³-hybridized carbons (Fsp3) is 0.607. The highest BCUT2D eigenvalue weighted by molar-refractivity contribution is 5.98. The molecule has 0 saturated heterocycles. The van der Waals surface area contributed by atoms with Crippen molar-refractivity contribution in [2.24, 2.45) is 5.73 Å². The number of nitrogens with zero attached hydrogens (tertiary/aromatic N) is 2. The zero-order valence-corrected chi connectivity index (χ0v) is 21.2. The summed E-state index contributed by atoms with van der Waals surface area (Å²) in [6.07, 6.45) is 20.8. The maximum Gasteiger partial charge on any atom is 0.347 e. The Morgan fingerprint density at radius 3 is 1.85 bits per heavy atom. The number of nitrogens with two attached hydrogens (primary N) is 1. The Morgan fingerprint density at radius 1 is 0.853 bits per heavy atom. The van der Waals surface area contributed by atoms with E-state index in [2.05, 4.69) is 16.9 Å². The number of benzene rings is 1. The van der Waals surface area contributed by atoms with Gasteiger partial charge in [0.2, 0.25) is 0 Å². The van der Waals surface area contributed by atoms with E-state index in [4.69, 9.17) is 11.1 Å². The largest absolute Gasteiger partial charge is 0.369 e. The van der Waals surface area contributed by atoms with Gasteiger partial charge in [-0.15, -0.1) is 0 Å². The first kappa shape index (κ1) is 27.6. The van der Waals surface area contributed by atoms with Gasteiger partial charge >= 0.3 is 5.69 Å². The molecule has 4 N–H and O–H groups in total. The number of hydrogen-bond donors (Lipinski definition) is 3. The summed E-state index contributed by atoms with van der Waals surface area (Å²) < 4.78 is 0. The second-order valence-corrected chi connectivity index (χ2v) is 9.33. The van der Waals surface area contributed by atoms with Crippen LogP contribution in [-0.2, 0) is 6.42 Å². The summed E-state index contributed by atoms with van der Waals surface area (Å²) in [5, 5.41) is 7.95. The van der Waals surface area contributed by atoms with Crippen LogP contribution in [0.1, 0.15) is 109 Å². The molecule has 0 unspecified atom stereocenters. The van der Waals surface area contributed by atoms with Crippen molar-refractivity contribution in [3.8, 4) is 0 Å². The first-order valence-electron chi connectivity index (χ1n) is 13.4. The predicted octanol–water partition coefficient (Wildman–Crippen LogP) is 7.22. The van der Waals surface area contributed by atoms with Gasteiger partial charge in [-0.2, -0.15) is 4.98 Å². The number of hydrogen-bond acceptors (Lipinski definition) is 3. The number of H-pyrrole nitrogens is 1. The molecule has 0 fully saturated rings. The van der Waals surface area contributed by atoms with Crippen LogP contribution >= 0.6 is 0 Å². The van der Waals surface area contributed by atoms with E-state index in [1.165, 1.54) is 88.4 Å². The van der Waals surface area contributed by atoms with Crippen LogP contribution in [0.3, 0.4) is 0 Å². The zero-order chi connectivity index (χ0) is 24.4. The Kier molecular flexibility index (Phi) is 13.7. The number of rotatable bonds is 18. The molecule has 0 atom stereocenters. The van der Waals surface area contributed by atoms with E-state index in [1.54, 1.807) is 0 Å². The molecular formula is C28H45N5O. The lowest BCUT2D eigenvalue weighted by molar-refractivity contribution is 0.532. The van der Waals surface area contributed by atoms with E-state index in [9.17, 15) is 4.79 Å². The van der Waals surface area contributed by atoms with Crippen molar-refractivity contribution < 1.29 is 0 Å². The summed E-state index contributed by atoms with van der Waals surface area (Å²) in [5.41, 5.74) is 6.94. The Hall–Kier alpha value is -2.63. The summed E-state index contributed by atoms with van der Waals surface area (Å²) in [5.74, 6) is 0.223. The van der Waals surface area contributed by atoms with Gasteiger partial charge in [-0.1, -0.05) is 115 Å². The third kappa shape index (κ3) is 11.0. The van der Waals surface area contributed by atoms with Gasteiger partial charge in [-0.05, 0) is 25.0 Å². The van der Waals surface area contributed by atoms with Crippen LogP contribution in [0.25, 0.3) is 0 Å². The highest BCUT2D eigenvalue weighted by atomic mass is 16.1. The molecule has 6 heteroatoms. The Morgan fingerprint density at radius 2 is 1.35 bits per heavy atom. The molecule has 0 amide bonds. The molecule has 6 nitrogen and oxygen atoms in total. The molecule has 0 radical (unpaired) electrons. The van der Waals surface area contributed by atoms with Gasteiger partial charge < -0.3 is 10.7 Å². The molecule has 0 spiro atoms. The van der Waals surface area contributed by atoms with E-state index in [0.717, 1.165) is 25.0 Å². The molecule has 1 aromatic heterocycles. The molecule has 2 rings (SSSR count). The van der Waals surface area contributed by atoms with Crippen molar-refractivity contribution in [3.05, 3.63) is 52.6 Å². The fourth-order valence-electron chi connectivity index (χ4n) is 4.40. The van der Waals surface area contributed by atoms with Gasteiger partial charge in [0.1, 0.15) is 5.82 Å². The summed E-state index contributed by atoms with van der Waals surface area (Å²) in [4.78, 5) is 20.5. The minimum absolute atomic E-state index is 0.165.